The number of aryl methyl sites for hydroxylation is 2. The molecule has 10 rings (SSSR count). The number of rotatable bonds is 6. The number of benzene rings is 8. The summed E-state index contributed by atoms with van der Waals surface area (Å²) in [5.74, 6) is 0. The third-order valence-corrected chi connectivity index (χ3v) is 15.2. The fraction of sp³-hybridized carbons (Fsp3) is 0.0417. The topological polar surface area (TPSA) is 6.48 Å². The molecule has 0 amide bonds. The van der Waals surface area contributed by atoms with Crippen molar-refractivity contribution in [2.75, 3.05) is 9.80 Å². The molecule has 10 aromatic rings. The van der Waals surface area contributed by atoms with Crippen LogP contribution in [0.4, 0.5) is 34.1 Å². The first-order chi connectivity index (χ1) is 25.7. The molecule has 0 spiro atoms. The first kappa shape index (κ1) is 31.0. The summed E-state index contributed by atoms with van der Waals surface area (Å²) >= 11 is 0. The van der Waals surface area contributed by atoms with E-state index in [1.165, 1.54) is 76.7 Å². The van der Waals surface area contributed by atoms with E-state index in [1.54, 1.807) is 10.2 Å². The van der Waals surface area contributed by atoms with E-state index < -0.39 is 15.1 Å². The SMILES string of the molecule is Cp1c2cc(N(c3ccccc3)c3ccccc3)ccc2c2c3ccccc3c3c4ccc(N(c5ccccc5)c5ccccc5)cc4p(C)c3c21. The summed E-state index contributed by atoms with van der Waals surface area (Å²) in [6.07, 6.45) is 0. The van der Waals surface area contributed by atoms with Gasteiger partial charge in [-0.25, -0.2) is 0 Å². The molecule has 2 atom stereocenters. The van der Waals surface area contributed by atoms with Gasteiger partial charge in [-0.05, 0) is 108 Å². The Bertz CT molecular complexity index is 2630. The van der Waals surface area contributed by atoms with Gasteiger partial charge in [0.25, 0.3) is 0 Å². The molecule has 0 N–H and O–H groups in total. The van der Waals surface area contributed by atoms with E-state index >= 15 is 0 Å². The lowest BCUT2D eigenvalue weighted by molar-refractivity contribution is 1.29. The van der Waals surface area contributed by atoms with Crippen LogP contribution in [0.5, 0.6) is 0 Å². The fourth-order valence-electron chi connectivity index (χ4n) is 8.35. The highest BCUT2D eigenvalue weighted by Gasteiger charge is 2.23. The van der Waals surface area contributed by atoms with E-state index in [0.717, 1.165) is 0 Å². The average Bonchev–Trinajstić information content (AvgIpc) is 3.66. The van der Waals surface area contributed by atoms with Crippen LogP contribution in [-0.2, 0) is 13.3 Å². The van der Waals surface area contributed by atoms with E-state index in [4.69, 9.17) is 0 Å². The molecule has 0 aliphatic rings. The van der Waals surface area contributed by atoms with Crippen LogP contribution in [-0.4, -0.2) is 0 Å². The number of hydrogen-bond donors (Lipinski definition) is 0. The van der Waals surface area contributed by atoms with Crippen LogP contribution in [0, 0.1) is 0 Å². The molecule has 0 saturated heterocycles. The van der Waals surface area contributed by atoms with Gasteiger partial charge in [-0.1, -0.05) is 109 Å². The van der Waals surface area contributed by atoms with Crippen LogP contribution >= 0.6 is 15.1 Å². The van der Waals surface area contributed by atoms with Gasteiger partial charge in [-0.2, -0.15) is 0 Å². The summed E-state index contributed by atoms with van der Waals surface area (Å²) in [4.78, 5) is 4.79. The molecule has 2 aromatic heterocycles. The minimum absolute atomic E-state index is 0.594. The maximum Gasteiger partial charge on any atom is 0.0471 e. The number of fused-ring (bicyclic) bond motifs is 10. The minimum Gasteiger partial charge on any atom is -0.310 e. The van der Waals surface area contributed by atoms with E-state index in [-0.39, 0.29) is 0 Å². The van der Waals surface area contributed by atoms with Gasteiger partial charge >= 0.3 is 0 Å². The molecule has 0 fully saturated rings. The highest BCUT2D eigenvalue weighted by Crippen LogP contribution is 2.61. The summed E-state index contributed by atoms with van der Waals surface area (Å²) in [6, 6.07) is 66.6. The third-order valence-electron chi connectivity index (χ3n) is 10.6. The predicted octanol–water partition coefficient (Wildman–Crippen LogP) is 15.4. The van der Waals surface area contributed by atoms with Crippen LogP contribution in [0.15, 0.2) is 182 Å². The molecule has 8 aromatic carbocycles. The van der Waals surface area contributed by atoms with E-state index in [1.807, 2.05) is 0 Å². The molecule has 248 valence electrons. The molecule has 52 heavy (non-hydrogen) atoms. The molecule has 0 bridgehead atoms. The fourth-order valence-corrected chi connectivity index (χ4v) is 13.5. The van der Waals surface area contributed by atoms with Crippen molar-refractivity contribution < 1.29 is 0 Å². The molecular formula is C48H36N2P2. The molecule has 0 saturated carbocycles. The Kier molecular flexibility index (Phi) is 7.43. The van der Waals surface area contributed by atoms with Crippen molar-refractivity contribution in [2.45, 2.75) is 0 Å². The summed E-state index contributed by atoms with van der Waals surface area (Å²) < 4.78 is 0. The predicted molar refractivity (Wildman–Crippen MR) is 231 cm³/mol. The molecule has 4 heteroatoms. The molecule has 2 nitrogen and oxygen atoms in total. The minimum atomic E-state index is -0.594. The molecule has 2 heterocycles. The monoisotopic (exact) mass is 702 g/mol. The van der Waals surface area contributed by atoms with Gasteiger partial charge in [-0.3, -0.25) is 0 Å². The Labute approximate surface area is 305 Å². The summed E-state index contributed by atoms with van der Waals surface area (Å²) in [7, 11) is -1.19. The largest absolute Gasteiger partial charge is 0.310 e. The number of hydrogen-bond acceptors (Lipinski definition) is 2. The van der Waals surface area contributed by atoms with Crippen LogP contribution in [0.3, 0.4) is 0 Å². The van der Waals surface area contributed by atoms with Crippen molar-refractivity contribution in [3.8, 4) is 0 Å². The standard InChI is InChI=1S/C48H36N2P2/c1-51-43-31-37(49(33-17-7-3-8-18-33)34-19-9-4-10-20-34)27-29-41(43)45-39-25-15-16-26-40(39)46-42-30-28-38(32-44(42)52(2)48(46)47(45)51)50(35-21-11-5-12-22-35)36-23-13-6-14-24-36/h3-32H,1-2H3. The van der Waals surface area contributed by atoms with Gasteiger partial charge in [0, 0.05) is 65.4 Å². The smallest absolute Gasteiger partial charge is 0.0471 e. The van der Waals surface area contributed by atoms with Gasteiger partial charge in [0.2, 0.25) is 0 Å². The molecular weight excluding hydrogens is 666 g/mol. The lowest BCUT2D eigenvalue weighted by Crippen LogP contribution is -2.09. The van der Waals surface area contributed by atoms with Crippen molar-refractivity contribution in [2.24, 2.45) is 13.3 Å². The average molecular weight is 703 g/mol. The van der Waals surface area contributed by atoms with Crippen molar-refractivity contribution in [1.82, 2.24) is 0 Å². The second-order valence-electron chi connectivity index (χ2n) is 13.5. The summed E-state index contributed by atoms with van der Waals surface area (Å²) in [6.45, 7) is 5.00. The van der Waals surface area contributed by atoms with Crippen LogP contribution in [0.2, 0.25) is 0 Å². The molecule has 0 radical (unpaired) electrons. The Morgan fingerprint density at radius 3 is 0.942 bits per heavy atom. The zero-order chi connectivity index (χ0) is 34.8. The molecule has 2 unspecified atom stereocenters. The van der Waals surface area contributed by atoms with E-state index in [9.17, 15) is 0 Å². The number of para-hydroxylation sites is 4. The van der Waals surface area contributed by atoms with Gasteiger partial charge in [0.1, 0.15) is 0 Å². The van der Waals surface area contributed by atoms with Crippen molar-refractivity contribution in [3.63, 3.8) is 0 Å². The van der Waals surface area contributed by atoms with Crippen molar-refractivity contribution in [3.05, 3.63) is 182 Å². The highest BCUT2D eigenvalue weighted by atomic mass is 31.1. The van der Waals surface area contributed by atoms with Gasteiger partial charge in [-0.15, -0.1) is 15.1 Å². The first-order valence-corrected chi connectivity index (χ1v) is 21.4. The highest BCUT2D eigenvalue weighted by molar-refractivity contribution is 7.65. The van der Waals surface area contributed by atoms with E-state index in [0.29, 0.717) is 0 Å². The zero-order valence-corrected chi connectivity index (χ0v) is 30.9. The first-order valence-electron chi connectivity index (χ1n) is 17.8. The van der Waals surface area contributed by atoms with Crippen LogP contribution in [0.1, 0.15) is 0 Å². The van der Waals surface area contributed by atoms with Crippen molar-refractivity contribution >= 4 is 102 Å². The van der Waals surface area contributed by atoms with Crippen LogP contribution < -0.4 is 9.80 Å². The van der Waals surface area contributed by atoms with E-state index in [2.05, 4.69) is 205 Å². The summed E-state index contributed by atoms with van der Waals surface area (Å²) in [5, 5.41) is 14.5. The number of anilines is 6. The lowest BCUT2D eigenvalue weighted by atomic mass is 9.99. The Morgan fingerprint density at radius 1 is 0.308 bits per heavy atom. The Morgan fingerprint density at radius 2 is 0.615 bits per heavy atom. The van der Waals surface area contributed by atoms with Gasteiger partial charge in [0.15, 0.2) is 0 Å². The third kappa shape index (κ3) is 4.80. The Balaban J connectivity index is 1.25. The maximum atomic E-state index is 2.50. The second kappa shape index (κ2) is 12.5. The van der Waals surface area contributed by atoms with Crippen molar-refractivity contribution in [1.29, 1.82) is 0 Å². The quantitative estimate of drug-likeness (QED) is 0.170. The molecule has 0 aliphatic heterocycles. The number of nitrogens with zero attached hydrogens (tertiary/aromatic N) is 2. The van der Waals surface area contributed by atoms with Gasteiger partial charge in [0.05, 0.1) is 0 Å². The summed E-state index contributed by atoms with van der Waals surface area (Å²) in [5.41, 5.74) is 7.07. The lowest BCUT2D eigenvalue weighted by Gasteiger charge is -2.25. The van der Waals surface area contributed by atoms with Gasteiger partial charge < -0.3 is 9.80 Å². The normalized spacial score (nSPS) is 12.3. The Hall–Kier alpha value is -5.78. The maximum absolute atomic E-state index is 2.50. The van der Waals surface area contributed by atoms with Crippen LogP contribution in [0.25, 0.3) is 52.8 Å². The second-order valence-corrected chi connectivity index (χ2v) is 17.6. The molecule has 0 aliphatic carbocycles. The zero-order valence-electron chi connectivity index (χ0n) is 29.1.